The highest BCUT2D eigenvalue weighted by Gasteiger charge is 2.34. The molecule has 0 aromatic heterocycles. The topological polar surface area (TPSA) is 81.4 Å². The van der Waals surface area contributed by atoms with E-state index in [1.54, 1.807) is 0 Å². The molecular formula is C13H24N2O3. The maximum absolute atomic E-state index is 11.7. The zero-order valence-electron chi connectivity index (χ0n) is 11.5. The first-order valence-electron chi connectivity index (χ1n) is 6.53. The van der Waals surface area contributed by atoms with Crippen LogP contribution in [0.5, 0.6) is 0 Å². The quantitative estimate of drug-likeness (QED) is 0.800. The molecule has 0 aromatic carbocycles. The normalized spacial score (nSPS) is 24.1. The zero-order chi connectivity index (χ0) is 13.8. The molecular weight excluding hydrogens is 232 g/mol. The summed E-state index contributed by atoms with van der Waals surface area (Å²) in [6, 6.07) is -0.0982. The highest BCUT2D eigenvalue weighted by Crippen LogP contribution is 2.27. The van der Waals surface area contributed by atoms with Gasteiger partial charge in [-0.15, -0.1) is 0 Å². The van der Waals surface area contributed by atoms with Crippen LogP contribution in [0.4, 0.5) is 4.79 Å². The second kappa shape index (κ2) is 6.18. The molecule has 1 aliphatic rings. The van der Waals surface area contributed by atoms with E-state index in [9.17, 15) is 9.59 Å². The maximum Gasteiger partial charge on any atom is 0.407 e. The summed E-state index contributed by atoms with van der Waals surface area (Å²) >= 11 is 0. The van der Waals surface area contributed by atoms with Crippen LogP contribution in [0.15, 0.2) is 0 Å². The largest absolute Gasteiger partial charge is 0.444 e. The van der Waals surface area contributed by atoms with Crippen LogP contribution >= 0.6 is 0 Å². The van der Waals surface area contributed by atoms with Gasteiger partial charge < -0.3 is 15.8 Å². The number of hydrogen-bond acceptors (Lipinski definition) is 4. The molecule has 104 valence electrons. The summed E-state index contributed by atoms with van der Waals surface area (Å²) in [7, 11) is 0. The molecule has 1 fully saturated rings. The van der Waals surface area contributed by atoms with Gasteiger partial charge in [-0.2, -0.15) is 0 Å². The summed E-state index contributed by atoms with van der Waals surface area (Å²) in [6.45, 7) is 6.07. The van der Waals surface area contributed by atoms with Crippen LogP contribution in [0.25, 0.3) is 0 Å². The van der Waals surface area contributed by atoms with Crippen LogP contribution in [-0.4, -0.2) is 30.1 Å². The van der Waals surface area contributed by atoms with E-state index in [1.165, 1.54) is 0 Å². The Hall–Kier alpha value is -1.10. The molecule has 0 bridgehead atoms. The van der Waals surface area contributed by atoms with Crippen molar-refractivity contribution in [3.8, 4) is 0 Å². The molecule has 0 heterocycles. The van der Waals surface area contributed by atoms with Gasteiger partial charge >= 0.3 is 6.09 Å². The number of nitrogens with two attached hydrogens (primary N) is 1. The molecule has 1 amide bonds. The third-order valence-corrected chi connectivity index (χ3v) is 2.99. The Kier molecular flexibility index (Phi) is 5.14. The fraction of sp³-hybridized carbons (Fsp3) is 0.846. The molecule has 1 rings (SSSR count). The van der Waals surface area contributed by atoms with Crippen LogP contribution in [0.3, 0.4) is 0 Å². The van der Waals surface area contributed by atoms with Gasteiger partial charge in [-0.05, 0) is 46.1 Å². The Balaban J connectivity index is 2.48. The molecule has 0 aliphatic heterocycles. The van der Waals surface area contributed by atoms with Crippen molar-refractivity contribution in [2.75, 3.05) is 6.54 Å². The number of amides is 1. The van der Waals surface area contributed by atoms with E-state index >= 15 is 0 Å². The van der Waals surface area contributed by atoms with Crippen molar-refractivity contribution in [2.45, 2.75) is 58.1 Å². The summed E-state index contributed by atoms with van der Waals surface area (Å²) in [5, 5.41) is 2.80. The van der Waals surface area contributed by atoms with Crippen LogP contribution in [0.1, 0.15) is 46.5 Å². The molecule has 2 atom stereocenters. The number of carbonyl (C=O) groups is 2. The first-order chi connectivity index (χ1) is 8.31. The number of Topliss-reactive ketones (excluding diaryl/α,β-unsaturated/α-hetero) is 1. The van der Waals surface area contributed by atoms with E-state index < -0.39 is 11.7 Å². The third kappa shape index (κ3) is 5.04. The fourth-order valence-corrected chi connectivity index (χ4v) is 2.24. The number of nitrogens with one attached hydrogen (secondary N) is 1. The summed E-state index contributed by atoms with van der Waals surface area (Å²) in [5.74, 6) is 0.409. The molecule has 0 saturated heterocycles. The standard InChI is InChI=1S/C13H24N2O3/c1-13(2,3)18-12(17)15-11-8-10(16)7-9(11)5-4-6-14/h9,11H,4-8,14H2,1-3H3,(H,15,17). The van der Waals surface area contributed by atoms with Gasteiger partial charge in [0.25, 0.3) is 0 Å². The molecule has 18 heavy (non-hydrogen) atoms. The first-order valence-corrected chi connectivity index (χ1v) is 6.53. The highest BCUT2D eigenvalue weighted by atomic mass is 16.6. The van der Waals surface area contributed by atoms with Gasteiger partial charge in [-0.1, -0.05) is 0 Å². The number of alkyl carbamates (subject to hydrolysis) is 1. The van der Waals surface area contributed by atoms with Crippen molar-refractivity contribution in [3.05, 3.63) is 0 Å². The first kappa shape index (κ1) is 15.0. The molecule has 5 nitrogen and oxygen atoms in total. The number of ether oxygens (including phenoxy) is 1. The number of ketones is 1. The lowest BCUT2D eigenvalue weighted by Gasteiger charge is -2.24. The Morgan fingerprint density at radius 2 is 2.11 bits per heavy atom. The summed E-state index contributed by atoms with van der Waals surface area (Å²) in [6.07, 6.45) is 2.27. The van der Waals surface area contributed by atoms with Crippen LogP contribution < -0.4 is 11.1 Å². The molecule has 1 saturated carbocycles. The fourth-order valence-electron chi connectivity index (χ4n) is 2.24. The third-order valence-electron chi connectivity index (χ3n) is 2.99. The van der Waals surface area contributed by atoms with Gasteiger partial charge in [0.2, 0.25) is 0 Å². The van der Waals surface area contributed by atoms with Crippen molar-refractivity contribution in [1.82, 2.24) is 5.32 Å². The lowest BCUT2D eigenvalue weighted by molar-refractivity contribution is -0.117. The molecule has 0 aromatic rings. The van der Waals surface area contributed by atoms with Crippen molar-refractivity contribution in [3.63, 3.8) is 0 Å². The molecule has 0 spiro atoms. The van der Waals surface area contributed by atoms with Crippen LogP contribution in [-0.2, 0) is 9.53 Å². The Labute approximate surface area is 108 Å². The zero-order valence-corrected chi connectivity index (χ0v) is 11.5. The highest BCUT2D eigenvalue weighted by molar-refractivity contribution is 5.83. The van der Waals surface area contributed by atoms with E-state index in [0.29, 0.717) is 19.4 Å². The lowest BCUT2D eigenvalue weighted by Crippen LogP contribution is -2.41. The van der Waals surface area contributed by atoms with Crippen molar-refractivity contribution in [2.24, 2.45) is 11.7 Å². The van der Waals surface area contributed by atoms with Gasteiger partial charge in [0.15, 0.2) is 0 Å². The smallest absolute Gasteiger partial charge is 0.407 e. The van der Waals surface area contributed by atoms with Gasteiger partial charge in [-0.3, -0.25) is 4.79 Å². The van der Waals surface area contributed by atoms with Crippen LogP contribution in [0.2, 0.25) is 0 Å². The predicted molar refractivity (Wildman–Crippen MR) is 69.2 cm³/mol. The lowest BCUT2D eigenvalue weighted by atomic mass is 9.98. The summed E-state index contributed by atoms with van der Waals surface area (Å²) in [4.78, 5) is 23.1. The maximum atomic E-state index is 11.7. The minimum atomic E-state index is -0.514. The number of carbonyl (C=O) groups excluding carboxylic acids is 2. The number of hydrogen-bond donors (Lipinski definition) is 2. The van der Waals surface area contributed by atoms with Crippen molar-refractivity contribution >= 4 is 11.9 Å². The van der Waals surface area contributed by atoms with E-state index in [2.05, 4.69) is 5.32 Å². The minimum absolute atomic E-state index is 0.0982. The predicted octanol–water partition coefficient (Wildman–Crippen LogP) is 1.60. The van der Waals surface area contributed by atoms with E-state index in [4.69, 9.17) is 10.5 Å². The molecule has 1 aliphatic carbocycles. The summed E-state index contributed by atoms with van der Waals surface area (Å²) < 4.78 is 5.20. The van der Waals surface area contributed by atoms with E-state index in [0.717, 1.165) is 12.8 Å². The number of rotatable bonds is 4. The van der Waals surface area contributed by atoms with Crippen molar-refractivity contribution in [1.29, 1.82) is 0 Å². The van der Waals surface area contributed by atoms with Gasteiger partial charge in [0.1, 0.15) is 11.4 Å². The average Bonchev–Trinajstić information content (AvgIpc) is 2.52. The second-order valence-corrected chi connectivity index (χ2v) is 5.89. The van der Waals surface area contributed by atoms with Crippen molar-refractivity contribution < 1.29 is 14.3 Å². The van der Waals surface area contributed by atoms with Gasteiger partial charge in [-0.25, -0.2) is 4.79 Å². The van der Waals surface area contributed by atoms with E-state index in [-0.39, 0.29) is 17.7 Å². The monoisotopic (exact) mass is 256 g/mol. The van der Waals surface area contributed by atoms with Gasteiger partial charge in [0.05, 0.1) is 0 Å². The van der Waals surface area contributed by atoms with E-state index in [1.807, 2.05) is 20.8 Å². The van der Waals surface area contributed by atoms with Gasteiger partial charge in [0, 0.05) is 18.9 Å². The molecule has 0 radical (unpaired) electrons. The molecule has 2 unspecified atom stereocenters. The minimum Gasteiger partial charge on any atom is -0.444 e. The summed E-state index contributed by atoms with van der Waals surface area (Å²) in [5.41, 5.74) is 4.96. The molecule has 5 heteroatoms. The Bertz CT molecular complexity index is 310. The Morgan fingerprint density at radius 3 is 2.67 bits per heavy atom. The SMILES string of the molecule is CC(C)(C)OC(=O)NC1CC(=O)CC1CCCN. The second-order valence-electron chi connectivity index (χ2n) is 5.89. The molecule has 3 N–H and O–H groups in total. The average molecular weight is 256 g/mol. The Morgan fingerprint density at radius 1 is 1.44 bits per heavy atom. The van der Waals surface area contributed by atoms with Crippen LogP contribution in [0, 0.1) is 5.92 Å².